The number of benzene rings is 2. The number of ether oxygens (including phenoxy) is 1. The largest absolute Gasteiger partial charge is 0.457 e. The van der Waals surface area contributed by atoms with Gasteiger partial charge in [0.1, 0.15) is 17.3 Å². The Kier molecular flexibility index (Phi) is 3.18. The molecule has 0 aliphatic heterocycles. The van der Waals surface area contributed by atoms with Gasteiger partial charge < -0.3 is 10.5 Å². The van der Waals surface area contributed by atoms with Crippen LogP contribution in [0.2, 0.25) is 0 Å². The zero-order valence-electron chi connectivity index (χ0n) is 11.6. The molecule has 1 aliphatic carbocycles. The third-order valence-corrected chi connectivity index (χ3v) is 3.72. The van der Waals surface area contributed by atoms with Gasteiger partial charge >= 0.3 is 0 Å². The van der Waals surface area contributed by atoms with Crippen molar-refractivity contribution in [3.8, 4) is 11.5 Å². The van der Waals surface area contributed by atoms with Crippen molar-refractivity contribution in [2.75, 3.05) is 0 Å². The van der Waals surface area contributed by atoms with Gasteiger partial charge in [-0.1, -0.05) is 17.7 Å². The summed E-state index contributed by atoms with van der Waals surface area (Å²) < 4.78 is 5.93. The maximum absolute atomic E-state index is 7.66. The highest BCUT2D eigenvalue weighted by molar-refractivity contribution is 5.97. The van der Waals surface area contributed by atoms with Crippen LogP contribution in [0.5, 0.6) is 11.5 Å². The fourth-order valence-corrected chi connectivity index (χ4v) is 2.68. The highest BCUT2D eigenvalue weighted by Crippen LogP contribution is 2.30. The molecule has 20 heavy (non-hydrogen) atoms. The number of rotatable bonds is 3. The van der Waals surface area contributed by atoms with Gasteiger partial charge in [-0.25, -0.2) is 0 Å². The first-order valence-corrected chi connectivity index (χ1v) is 6.88. The second-order valence-electron chi connectivity index (χ2n) is 5.30. The monoisotopic (exact) mass is 266 g/mol. The van der Waals surface area contributed by atoms with Crippen LogP contribution < -0.4 is 10.5 Å². The van der Waals surface area contributed by atoms with Gasteiger partial charge in [-0.15, -0.1) is 0 Å². The number of nitrogens with one attached hydrogen (secondary N) is 1. The molecule has 3 heteroatoms. The molecular weight excluding hydrogens is 248 g/mol. The first kappa shape index (κ1) is 12.7. The molecule has 0 aromatic heterocycles. The predicted octanol–water partition coefficient (Wildman–Crippen LogP) is 3.56. The molecule has 0 saturated carbocycles. The minimum atomic E-state index is 0.0323. The zero-order chi connectivity index (χ0) is 14.1. The molecule has 3 N–H and O–H groups in total. The van der Waals surface area contributed by atoms with Gasteiger partial charge in [0, 0.05) is 0 Å². The fourth-order valence-electron chi connectivity index (χ4n) is 2.68. The Labute approximate surface area is 118 Å². The Hall–Kier alpha value is -2.29. The molecule has 0 amide bonds. The van der Waals surface area contributed by atoms with E-state index in [0.717, 1.165) is 17.7 Å². The van der Waals surface area contributed by atoms with E-state index in [2.05, 4.69) is 12.1 Å². The summed E-state index contributed by atoms with van der Waals surface area (Å²) in [6, 6.07) is 12.0. The third kappa shape index (κ3) is 2.39. The Bertz CT molecular complexity index is 677. The highest BCUT2D eigenvalue weighted by atomic mass is 16.5. The van der Waals surface area contributed by atoms with Crippen LogP contribution in [-0.4, -0.2) is 5.84 Å². The maximum atomic E-state index is 7.66. The second kappa shape index (κ2) is 5.00. The molecule has 0 spiro atoms. The van der Waals surface area contributed by atoms with Gasteiger partial charge in [-0.05, 0) is 61.6 Å². The van der Waals surface area contributed by atoms with Crippen molar-refractivity contribution >= 4 is 5.84 Å². The first-order valence-electron chi connectivity index (χ1n) is 6.88. The van der Waals surface area contributed by atoms with Crippen LogP contribution in [0.15, 0.2) is 36.4 Å². The van der Waals surface area contributed by atoms with Crippen molar-refractivity contribution in [2.45, 2.75) is 26.2 Å². The minimum absolute atomic E-state index is 0.0323. The Balaban J connectivity index is 1.93. The lowest BCUT2D eigenvalue weighted by Crippen LogP contribution is -2.12. The summed E-state index contributed by atoms with van der Waals surface area (Å²) >= 11 is 0. The highest BCUT2D eigenvalue weighted by Gasteiger charge is 2.13. The average Bonchev–Trinajstić information content (AvgIpc) is 2.88. The lowest BCUT2D eigenvalue weighted by molar-refractivity contribution is 0.481. The van der Waals surface area contributed by atoms with Gasteiger partial charge in [-0.2, -0.15) is 0 Å². The predicted molar refractivity (Wildman–Crippen MR) is 80.7 cm³/mol. The molecule has 3 rings (SSSR count). The number of nitrogen functional groups attached to an aromatic ring is 1. The van der Waals surface area contributed by atoms with Crippen molar-refractivity contribution in [2.24, 2.45) is 5.73 Å². The summed E-state index contributed by atoms with van der Waals surface area (Å²) in [6.45, 7) is 1.98. The van der Waals surface area contributed by atoms with E-state index in [9.17, 15) is 0 Å². The number of hydrogen-bond acceptors (Lipinski definition) is 2. The summed E-state index contributed by atoms with van der Waals surface area (Å²) in [5.41, 5.74) is 10.1. The summed E-state index contributed by atoms with van der Waals surface area (Å²) in [7, 11) is 0. The summed E-state index contributed by atoms with van der Waals surface area (Å²) in [5, 5.41) is 7.66. The molecule has 0 radical (unpaired) electrons. The summed E-state index contributed by atoms with van der Waals surface area (Å²) in [5.74, 6) is 1.49. The molecule has 3 nitrogen and oxygen atoms in total. The molecule has 102 valence electrons. The molecule has 1 aliphatic rings. The van der Waals surface area contributed by atoms with Gasteiger partial charge in [-0.3, -0.25) is 5.41 Å². The van der Waals surface area contributed by atoms with Crippen LogP contribution in [0.25, 0.3) is 0 Å². The Morgan fingerprint density at radius 2 is 1.90 bits per heavy atom. The SMILES string of the molecule is Cc1ccc(Oc2ccc3c(c2)CCC3)c(C(=N)N)c1. The van der Waals surface area contributed by atoms with Gasteiger partial charge in [0.25, 0.3) is 0 Å². The lowest BCUT2D eigenvalue weighted by atomic mass is 10.1. The number of nitrogens with two attached hydrogens (primary N) is 1. The Morgan fingerprint density at radius 1 is 1.10 bits per heavy atom. The normalized spacial score (nSPS) is 13.1. The van der Waals surface area contributed by atoms with E-state index < -0.39 is 0 Å². The molecule has 0 atom stereocenters. The molecule has 0 fully saturated rings. The van der Waals surface area contributed by atoms with Crippen LogP contribution in [0.1, 0.15) is 28.7 Å². The molecular formula is C17H18N2O. The van der Waals surface area contributed by atoms with E-state index >= 15 is 0 Å². The van der Waals surface area contributed by atoms with E-state index in [0.29, 0.717) is 11.3 Å². The van der Waals surface area contributed by atoms with Gasteiger partial charge in [0.05, 0.1) is 5.56 Å². The van der Waals surface area contributed by atoms with Crippen molar-refractivity contribution < 1.29 is 4.74 Å². The summed E-state index contributed by atoms with van der Waals surface area (Å²) in [4.78, 5) is 0. The number of hydrogen-bond donors (Lipinski definition) is 2. The van der Waals surface area contributed by atoms with Crippen LogP contribution in [0.4, 0.5) is 0 Å². The summed E-state index contributed by atoms with van der Waals surface area (Å²) in [6.07, 6.45) is 3.51. The van der Waals surface area contributed by atoms with Crippen LogP contribution in [0, 0.1) is 12.3 Å². The number of amidine groups is 1. The molecule has 2 aromatic carbocycles. The number of aryl methyl sites for hydroxylation is 3. The van der Waals surface area contributed by atoms with E-state index in [1.807, 2.05) is 31.2 Å². The fraction of sp³-hybridized carbons (Fsp3) is 0.235. The zero-order valence-corrected chi connectivity index (χ0v) is 11.6. The van der Waals surface area contributed by atoms with E-state index in [4.69, 9.17) is 15.9 Å². The molecule has 0 bridgehead atoms. The van der Waals surface area contributed by atoms with Crippen LogP contribution in [0.3, 0.4) is 0 Å². The molecule has 0 heterocycles. The quantitative estimate of drug-likeness (QED) is 0.659. The van der Waals surface area contributed by atoms with Crippen LogP contribution in [-0.2, 0) is 12.8 Å². The third-order valence-electron chi connectivity index (χ3n) is 3.72. The topological polar surface area (TPSA) is 59.1 Å². The first-order chi connectivity index (χ1) is 9.63. The second-order valence-corrected chi connectivity index (χ2v) is 5.30. The van der Waals surface area contributed by atoms with Crippen molar-refractivity contribution in [3.05, 3.63) is 58.7 Å². The minimum Gasteiger partial charge on any atom is -0.457 e. The molecule has 0 unspecified atom stereocenters. The van der Waals surface area contributed by atoms with Crippen LogP contribution >= 0.6 is 0 Å². The Morgan fingerprint density at radius 3 is 2.70 bits per heavy atom. The molecule has 0 saturated heterocycles. The standard InChI is InChI=1S/C17H18N2O/c1-11-5-8-16(15(9-11)17(18)19)20-14-7-6-12-3-2-4-13(12)10-14/h5-10H,2-4H2,1H3,(H3,18,19). The number of fused-ring (bicyclic) bond motifs is 1. The van der Waals surface area contributed by atoms with E-state index in [1.165, 1.54) is 24.0 Å². The van der Waals surface area contributed by atoms with E-state index in [-0.39, 0.29) is 5.84 Å². The smallest absolute Gasteiger partial charge is 0.138 e. The maximum Gasteiger partial charge on any atom is 0.138 e. The van der Waals surface area contributed by atoms with Crippen molar-refractivity contribution in [1.82, 2.24) is 0 Å². The van der Waals surface area contributed by atoms with Gasteiger partial charge in [0.2, 0.25) is 0 Å². The van der Waals surface area contributed by atoms with E-state index in [1.54, 1.807) is 0 Å². The lowest BCUT2D eigenvalue weighted by Gasteiger charge is -2.12. The van der Waals surface area contributed by atoms with Crippen molar-refractivity contribution in [3.63, 3.8) is 0 Å². The molecule has 2 aromatic rings. The average molecular weight is 266 g/mol. The van der Waals surface area contributed by atoms with Gasteiger partial charge in [0.15, 0.2) is 0 Å². The van der Waals surface area contributed by atoms with Crippen molar-refractivity contribution in [1.29, 1.82) is 5.41 Å².